The van der Waals surface area contributed by atoms with E-state index in [-0.39, 0.29) is 28.4 Å². The van der Waals surface area contributed by atoms with Crippen molar-refractivity contribution in [2.45, 2.75) is 25.4 Å². The number of hydrogen-bond acceptors (Lipinski definition) is 4. The summed E-state index contributed by atoms with van der Waals surface area (Å²) in [6.45, 7) is -1.55. The maximum atomic E-state index is 13.7. The monoisotopic (exact) mass is 462 g/mol. The molecule has 4 rings (SSSR count). The van der Waals surface area contributed by atoms with Gasteiger partial charge in [-0.3, -0.25) is 4.79 Å². The van der Waals surface area contributed by atoms with Crippen LogP contribution in [0.3, 0.4) is 0 Å². The van der Waals surface area contributed by atoms with Crippen molar-refractivity contribution >= 4 is 11.6 Å². The van der Waals surface area contributed by atoms with E-state index >= 15 is 0 Å². The highest BCUT2D eigenvalue weighted by Gasteiger charge is 2.29. The molecular formula is C22H15F5N4O2. The quantitative estimate of drug-likeness (QED) is 0.558. The molecule has 1 N–H and O–H groups in total. The summed E-state index contributed by atoms with van der Waals surface area (Å²) in [6, 6.07) is 8.69. The van der Waals surface area contributed by atoms with Crippen molar-refractivity contribution in [3.05, 3.63) is 70.5 Å². The fourth-order valence-corrected chi connectivity index (χ4v) is 3.62. The number of carbonyl (C=O) groups excluding carboxylic acids is 1. The number of aromatic nitrogens is 2. The fourth-order valence-electron chi connectivity index (χ4n) is 3.62. The van der Waals surface area contributed by atoms with Gasteiger partial charge in [0.2, 0.25) is 0 Å². The Hall–Kier alpha value is -3.94. The number of carbonyl (C=O) groups is 1. The second-order valence-corrected chi connectivity index (χ2v) is 7.32. The molecule has 0 unspecified atom stereocenters. The number of halogens is 5. The molecule has 0 saturated heterocycles. The summed E-state index contributed by atoms with van der Waals surface area (Å²) >= 11 is 0. The van der Waals surface area contributed by atoms with Crippen molar-refractivity contribution in [1.82, 2.24) is 9.78 Å². The first kappa shape index (κ1) is 22.3. The van der Waals surface area contributed by atoms with E-state index in [1.54, 1.807) is 6.07 Å². The zero-order valence-electron chi connectivity index (χ0n) is 16.8. The highest BCUT2D eigenvalue weighted by Crippen LogP contribution is 2.30. The molecule has 3 aromatic rings. The molecule has 0 saturated carbocycles. The van der Waals surface area contributed by atoms with Gasteiger partial charge in [-0.05, 0) is 49.6 Å². The minimum Gasteiger partial charge on any atom is -0.483 e. The lowest BCUT2D eigenvalue weighted by atomic mass is 10.1. The van der Waals surface area contributed by atoms with E-state index in [9.17, 15) is 32.0 Å². The molecule has 0 bridgehead atoms. The summed E-state index contributed by atoms with van der Waals surface area (Å²) in [5, 5.41) is 16.1. The van der Waals surface area contributed by atoms with Crippen molar-refractivity contribution in [1.29, 1.82) is 5.26 Å². The van der Waals surface area contributed by atoms with Crippen LogP contribution in [-0.4, -0.2) is 28.5 Å². The number of hydrogen-bond donors (Lipinski definition) is 1. The van der Waals surface area contributed by atoms with Gasteiger partial charge in [0.15, 0.2) is 23.9 Å². The molecule has 0 radical (unpaired) electrons. The van der Waals surface area contributed by atoms with Gasteiger partial charge >= 0.3 is 6.18 Å². The average Bonchev–Trinajstić information content (AvgIpc) is 3.37. The number of ether oxygens (including phenoxy) is 1. The van der Waals surface area contributed by atoms with Gasteiger partial charge in [0.1, 0.15) is 11.8 Å². The number of nitrogens with one attached hydrogen (secondary N) is 1. The Balaban J connectivity index is 1.59. The number of nitrogens with zero attached hydrogens (tertiary/aromatic N) is 3. The number of benzene rings is 2. The molecule has 0 atom stereocenters. The molecule has 1 amide bonds. The zero-order valence-corrected chi connectivity index (χ0v) is 16.8. The molecule has 6 nitrogen and oxygen atoms in total. The van der Waals surface area contributed by atoms with Crippen molar-refractivity contribution in [3.63, 3.8) is 0 Å². The smallest absolute Gasteiger partial charge is 0.422 e. The maximum absolute atomic E-state index is 13.7. The SMILES string of the molecule is N#Cc1cc(NC(=O)c2nn(-c3ccc(F)c(F)c3)c3c2CCC3)ccc1OCC(F)(F)F. The van der Waals surface area contributed by atoms with Crippen LogP contribution in [0.1, 0.15) is 33.7 Å². The molecule has 33 heavy (non-hydrogen) atoms. The Bertz CT molecular complexity index is 1280. The van der Waals surface area contributed by atoms with Gasteiger partial charge in [0, 0.05) is 23.0 Å². The number of nitriles is 1. The Kier molecular flexibility index (Phi) is 5.76. The first-order chi connectivity index (χ1) is 15.7. The van der Waals surface area contributed by atoms with Crippen LogP contribution in [0.4, 0.5) is 27.6 Å². The highest BCUT2D eigenvalue weighted by atomic mass is 19.4. The normalized spacial score (nSPS) is 12.8. The van der Waals surface area contributed by atoms with Crippen molar-refractivity contribution in [2.24, 2.45) is 0 Å². The van der Waals surface area contributed by atoms with Gasteiger partial charge in [0.25, 0.3) is 5.91 Å². The summed E-state index contributed by atoms with van der Waals surface area (Å²) in [5.41, 5.74) is 1.70. The Morgan fingerprint density at radius 2 is 1.94 bits per heavy atom. The van der Waals surface area contributed by atoms with Crippen LogP contribution >= 0.6 is 0 Å². The molecule has 170 valence electrons. The predicted molar refractivity (Wildman–Crippen MR) is 106 cm³/mol. The number of alkyl halides is 3. The molecule has 1 aliphatic carbocycles. The van der Waals surface area contributed by atoms with Crippen LogP contribution in [0.25, 0.3) is 5.69 Å². The third kappa shape index (κ3) is 4.64. The lowest BCUT2D eigenvalue weighted by molar-refractivity contribution is -0.153. The summed E-state index contributed by atoms with van der Waals surface area (Å²) in [4.78, 5) is 12.9. The molecule has 1 aliphatic rings. The van der Waals surface area contributed by atoms with Gasteiger partial charge < -0.3 is 10.1 Å². The highest BCUT2D eigenvalue weighted by molar-refractivity contribution is 6.04. The van der Waals surface area contributed by atoms with Crippen LogP contribution in [0.5, 0.6) is 5.75 Å². The van der Waals surface area contributed by atoms with Crippen molar-refractivity contribution in [3.8, 4) is 17.5 Å². The standard InChI is InChI=1S/C22H15F5N4O2/c23-16-6-5-14(9-17(16)24)31-18-3-1-2-15(18)20(30-31)21(32)29-13-4-7-19(12(8-13)10-28)33-11-22(25,26)27/h4-9H,1-3,11H2,(H,29,32). The van der Waals surface area contributed by atoms with Crippen LogP contribution in [0.2, 0.25) is 0 Å². The maximum Gasteiger partial charge on any atom is 0.422 e. The third-order valence-corrected chi connectivity index (χ3v) is 5.04. The van der Waals surface area contributed by atoms with E-state index in [2.05, 4.69) is 15.2 Å². The zero-order chi connectivity index (χ0) is 23.8. The molecule has 11 heteroatoms. The summed E-state index contributed by atoms with van der Waals surface area (Å²) < 4.78 is 70.2. The first-order valence-corrected chi connectivity index (χ1v) is 9.77. The lowest BCUT2D eigenvalue weighted by Gasteiger charge is -2.11. The number of amides is 1. The molecule has 1 heterocycles. The van der Waals surface area contributed by atoms with E-state index in [0.29, 0.717) is 24.1 Å². The molecule has 0 spiro atoms. The Morgan fingerprint density at radius 3 is 2.64 bits per heavy atom. The third-order valence-electron chi connectivity index (χ3n) is 5.04. The summed E-state index contributed by atoms with van der Waals surface area (Å²) in [5.74, 6) is -2.92. The Labute approximate surface area is 184 Å². The van der Waals surface area contributed by atoms with Crippen LogP contribution in [-0.2, 0) is 12.8 Å². The van der Waals surface area contributed by atoms with E-state index in [4.69, 9.17) is 0 Å². The second-order valence-electron chi connectivity index (χ2n) is 7.32. The van der Waals surface area contributed by atoms with Gasteiger partial charge in [-0.25, -0.2) is 13.5 Å². The largest absolute Gasteiger partial charge is 0.483 e. The van der Waals surface area contributed by atoms with Crippen molar-refractivity contribution < 1.29 is 31.5 Å². The average molecular weight is 462 g/mol. The Morgan fingerprint density at radius 1 is 1.15 bits per heavy atom. The minimum atomic E-state index is -4.56. The topological polar surface area (TPSA) is 79.9 Å². The minimum absolute atomic E-state index is 0.0862. The van der Waals surface area contributed by atoms with Gasteiger partial charge in [-0.15, -0.1) is 0 Å². The van der Waals surface area contributed by atoms with Gasteiger partial charge in [-0.1, -0.05) is 0 Å². The van der Waals surface area contributed by atoms with E-state index in [1.807, 2.05) is 0 Å². The number of fused-ring (bicyclic) bond motifs is 1. The summed E-state index contributed by atoms with van der Waals surface area (Å²) in [6.07, 6.45) is -2.65. The molecular weight excluding hydrogens is 447 g/mol. The van der Waals surface area contributed by atoms with E-state index in [0.717, 1.165) is 24.6 Å². The van der Waals surface area contributed by atoms with E-state index < -0.39 is 30.3 Å². The molecule has 1 aromatic heterocycles. The number of anilines is 1. The van der Waals surface area contributed by atoms with Crippen LogP contribution in [0, 0.1) is 23.0 Å². The predicted octanol–water partition coefficient (Wildman–Crippen LogP) is 4.70. The molecule has 2 aromatic carbocycles. The lowest BCUT2D eigenvalue weighted by Crippen LogP contribution is -2.19. The molecule has 0 fully saturated rings. The van der Waals surface area contributed by atoms with Gasteiger partial charge in [0.05, 0.1) is 11.3 Å². The number of rotatable bonds is 5. The molecule has 0 aliphatic heterocycles. The van der Waals surface area contributed by atoms with Gasteiger partial charge in [-0.2, -0.15) is 23.5 Å². The first-order valence-electron chi connectivity index (χ1n) is 9.77. The van der Waals surface area contributed by atoms with Crippen LogP contribution in [0.15, 0.2) is 36.4 Å². The fraction of sp³-hybridized carbons (Fsp3) is 0.227. The summed E-state index contributed by atoms with van der Waals surface area (Å²) in [7, 11) is 0. The van der Waals surface area contributed by atoms with Crippen LogP contribution < -0.4 is 10.1 Å². The van der Waals surface area contributed by atoms with Crippen molar-refractivity contribution in [2.75, 3.05) is 11.9 Å². The van der Waals surface area contributed by atoms with E-state index in [1.165, 1.54) is 22.9 Å². The second kappa shape index (κ2) is 8.54.